The summed E-state index contributed by atoms with van der Waals surface area (Å²) in [5, 5.41) is 32.9. The molecule has 0 saturated heterocycles. The first-order chi connectivity index (χ1) is 21.6. The van der Waals surface area contributed by atoms with Crippen LogP contribution in [0.25, 0.3) is 0 Å². The van der Waals surface area contributed by atoms with Gasteiger partial charge in [-0.3, -0.25) is 4.79 Å². The fraction of sp³-hybridized carbons (Fsp3) is 0.821. The molecule has 0 heterocycles. The topological polar surface area (TPSA) is 89.8 Å². The summed E-state index contributed by atoms with van der Waals surface area (Å²) in [6.07, 6.45) is 41.6. The lowest BCUT2D eigenvalue weighted by Crippen LogP contribution is -2.48. The largest absolute Gasteiger partial charge is 0.394 e. The second-order valence-electron chi connectivity index (χ2n) is 12.8. The van der Waals surface area contributed by atoms with E-state index in [9.17, 15) is 20.1 Å². The molecule has 5 heteroatoms. The van der Waals surface area contributed by atoms with Crippen molar-refractivity contribution in [3.63, 3.8) is 0 Å². The molecule has 1 amide bonds. The molecule has 0 aliphatic carbocycles. The molecule has 4 N–H and O–H groups in total. The van der Waals surface area contributed by atoms with E-state index in [0.29, 0.717) is 6.42 Å². The van der Waals surface area contributed by atoms with Crippen molar-refractivity contribution < 1.29 is 20.1 Å². The van der Waals surface area contributed by atoms with Gasteiger partial charge in [0.15, 0.2) is 0 Å². The fourth-order valence-corrected chi connectivity index (χ4v) is 5.45. The monoisotopic (exact) mass is 620 g/mol. The van der Waals surface area contributed by atoms with Crippen LogP contribution in [0, 0.1) is 0 Å². The highest BCUT2D eigenvalue weighted by molar-refractivity contribution is 5.80. The van der Waals surface area contributed by atoms with Crippen LogP contribution < -0.4 is 5.32 Å². The van der Waals surface area contributed by atoms with Crippen LogP contribution in [-0.4, -0.2) is 46.1 Å². The molecular formula is C39H73NO4. The van der Waals surface area contributed by atoms with E-state index in [2.05, 4.69) is 43.5 Å². The third-order valence-corrected chi connectivity index (χ3v) is 8.46. The van der Waals surface area contributed by atoms with Crippen molar-refractivity contribution >= 4 is 5.91 Å². The fourth-order valence-electron chi connectivity index (χ4n) is 5.45. The Morgan fingerprint density at radius 2 is 0.932 bits per heavy atom. The molecule has 0 aliphatic rings. The van der Waals surface area contributed by atoms with Gasteiger partial charge in [-0.15, -0.1) is 0 Å². The van der Waals surface area contributed by atoms with Crippen LogP contribution >= 0.6 is 0 Å². The molecule has 0 rings (SSSR count). The van der Waals surface area contributed by atoms with Gasteiger partial charge in [0.1, 0.15) is 6.10 Å². The van der Waals surface area contributed by atoms with Gasteiger partial charge < -0.3 is 20.6 Å². The van der Waals surface area contributed by atoms with Crippen molar-refractivity contribution in [1.29, 1.82) is 0 Å². The quantitative estimate of drug-likeness (QED) is 0.0435. The highest BCUT2D eigenvalue weighted by atomic mass is 16.3. The molecule has 5 nitrogen and oxygen atoms in total. The summed E-state index contributed by atoms with van der Waals surface area (Å²) < 4.78 is 0. The maximum atomic E-state index is 12.4. The van der Waals surface area contributed by atoms with Crippen LogP contribution in [0.4, 0.5) is 0 Å². The number of carbonyl (C=O) groups is 1. The molecule has 0 spiro atoms. The Morgan fingerprint density at radius 3 is 1.39 bits per heavy atom. The van der Waals surface area contributed by atoms with Crippen LogP contribution in [0.3, 0.4) is 0 Å². The number of hydrogen-bond donors (Lipinski definition) is 4. The van der Waals surface area contributed by atoms with Gasteiger partial charge in [0, 0.05) is 0 Å². The predicted octanol–water partition coefficient (Wildman–Crippen LogP) is 10.0. The summed E-state index contributed by atoms with van der Waals surface area (Å²) in [6, 6.07) is -0.816. The van der Waals surface area contributed by atoms with E-state index < -0.39 is 24.2 Å². The normalized spacial score (nSPS) is 14.2. The molecular weight excluding hydrogens is 546 g/mol. The Kier molecular flexibility index (Phi) is 33.3. The average molecular weight is 620 g/mol. The smallest absolute Gasteiger partial charge is 0.249 e. The zero-order valence-electron chi connectivity index (χ0n) is 29.0. The van der Waals surface area contributed by atoms with E-state index in [1.165, 1.54) is 116 Å². The summed E-state index contributed by atoms with van der Waals surface area (Å²) in [4.78, 5) is 12.4. The Labute approximate surface area is 273 Å². The number of allylic oxidation sites excluding steroid dienone is 5. The molecule has 0 radical (unpaired) electrons. The molecule has 0 aromatic carbocycles. The van der Waals surface area contributed by atoms with Crippen molar-refractivity contribution in [3.8, 4) is 0 Å². The van der Waals surface area contributed by atoms with Gasteiger partial charge in [0.2, 0.25) is 5.91 Å². The van der Waals surface area contributed by atoms with Crippen LogP contribution in [0.1, 0.15) is 181 Å². The van der Waals surface area contributed by atoms with Crippen LogP contribution in [0.15, 0.2) is 36.5 Å². The Bertz CT molecular complexity index is 690. The summed E-state index contributed by atoms with van der Waals surface area (Å²) in [5.41, 5.74) is 0. The van der Waals surface area contributed by atoms with Gasteiger partial charge in [0.05, 0.1) is 18.8 Å². The number of aliphatic hydroxyl groups excluding tert-OH is 3. The number of amides is 1. The minimum atomic E-state index is -1.10. The third kappa shape index (κ3) is 29.3. The van der Waals surface area contributed by atoms with Crippen molar-refractivity contribution in [2.75, 3.05) is 6.61 Å². The molecule has 0 saturated carbocycles. The van der Waals surface area contributed by atoms with Crippen molar-refractivity contribution in [1.82, 2.24) is 5.32 Å². The number of rotatable bonds is 33. The average Bonchev–Trinajstić information content (AvgIpc) is 3.03. The minimum absolute atomic E-state index is 0.380. The number of carbonyl (C=O) groups excluding carboxylic acids is 1. The molecule has 44 heavy (non-hydrogen) atoms. The first kappa shape index (κ1) is 42.6. The Balaban J connectivity index is 3.82. The summed E-state index contributed by atoms with van der Waals surface area (Å²) in [6.45, 7) is 4.14. The van der Waals surface area contributed by atoms with E-state index in [0.717, 1.165) is 44.9 Å². The lowest BCUT2D eigenvalue weighted by Gasteiger charge is -2.21. The minimum Gasteiger partial charge on any atom is -0.394 e. The zero-order chi connectivity index (χ0) is 32.4. The van der Waals surface area contributed by atoms with Gasteiger partial charge in [-0.05, 0) is 44.9 Å². The Hall–Kier alpha value is -1.43. The van der Waals surface area contributed by atoms with Crippen molar-refractivity contribution in [3.05, 3.63) is 36.5 Å². The van der Waals surface area contributed by atoms with E-state index in [1.54, 1.807) is 6.08 Å². The highest BCUT2D eigenvalue weighted by Gasteiger charge is 2.22. The third-order valence-electron chi connectivity index (χ3n) is 8.46. The van der Waals surface area contributed by atoms with Crippen molar-refractivity contribution in [2.45, 2.75) is 199 Å². The summed E-state index contributed by atoms with van der Waals surface area (Å²) in [7, 11) is 0. The molecule has 0 aliphatic heterocycles. The second kappa shape index (κ2) is 34.4. The van der Waals surface area contributed by atoms with E-state index in [4.69, 9.17) is 0 Å². The van der Waals surface area contributed by atoms with Crippen molar-refractivity contribution in [2.24, 2.45) is 0 Å². The van der Waals surface area contributed by atoms with Gasteiger partial charge in [0.25, 0.3) is 0 Å². The van der Waals surface area contributed by atoms with E-state index >= 15 is 0 Å². The maximum Gasteiger partial charge on any atom is 0.249 e. The van der Waals surface area contributed by atoms with Crippen LogP contribution in [-0.2, 0) is 4.79 Å². The lowest BCUT2D eigenvalue weighted by atomic mass is 10.0. The number of hydrogen-bond acceptors (Lipinski definition) is 4. The van der Waals surface area contributed by atoms with Gasteiger partial charge >= 0.3 is 0 Å². The van der Waals surface area contributed by atoms with Gasteiger partial charge in [-0.25, -0.2) is 0 Å². The molecule has 3 atom stereocenters. The second-order valence-corrected chi connectivity index (χ2v) is 12.8. The van der Waals surface area contributed by atoms with E-state index in [1.807, 2.05) is 6.08 Å². The SMILES string of the molecule is CCCCCCCCCC/C=C/CC/C=C/CC/C=C/C(O)C(CO)NC(=O)C(O)CCCCCCCCCCCCCC. The summed E-state index contributed by atoms with van der Waals surface area (Å²) >= 11 is 0. The molecule has 0 bridgehead atoms. The lowest BCUT2D eigenvalue weighted by molar-refractivity contribution is -0.131. The predicted molar refractivity (Wildman–Crippen MR) is 190 cm³/mol. The number of nitrogens with one attached hydrogen (secondary N) is 1. The maximum absolute atomic E-state index is 12.4. The Morgan fingerprint density at radius 1 is 0.545 bits per heavy atom. The van der Waals surface area contributed by atoms with E-state index in [-0.39, 0.29) is 6.61 Å². The molecule has 3 unspecified atom stereocenters. The number of unbranched alkanes of at least 4 members (excludes halogenated alkanes) is 21. The van der Waals surface area contributed by atoms with Gasteiger partial charge in [-0.2, -0.15) is 0 Å². The van der Waals surface area contributed by atoms with Crippen LogP contribution in [0.2, 0.25) is 0 Å². The molecule has 0 aromatic heterocycles. The molecule has 0 fully saturated rings. The van der Waals surface area contributed by atoms with Crippen LogP contribution in [0.5, 0.6) is 0 Å². The first-order valence-corrected chi connectivity index (χ1v) is 18.8. The standard InChI is InChI=1S/C39H73NO4/c1-3-5-7-9-11-13-15-17-18-19-20-21-22-24-25-27-29-31-33-37(42)36(35-41)40-39(44)38(43)34-32-30-28-26-23-16-14-12-10-8-6-4-2/h19-20,24-25,31,33,36-38,41-43H,3-18,21-23,26-30,32,34-35H2,1-2H3,(H,40,44)/b20-19+,25-24+,33-31+. The highest BCUT2D eigenvalue weighted by Crippen LogP contribution is 2.14. The summed E-state index contributed by atoms with van der Waals surface area (Å²) in [5.74, 6) is -0.519. The number of aliphatic hydroxyl groups is 3. The molecule has 258 valence electrons. The first-order valence-electron chi connectivity index (χ1n) is 18.8. The van der Waals surface area contributed by atoms with Gasteiger partial charge in [-0.1, -0.05) is 172 Å². The molecule has 0 aromatic rings. The zero-order valence-corrected chi connectivity index (χ0v) is 29.0.